The molecule has 1 unspecified atom stereocenters. The molecule has 1 fully saturated rings. The molecule has 1 N–H and O–H groups in total. The van der Waals surface area contributed by atoms with Gasteiger partial charge in [0, 0.05) is 18.2 Å². The average Bonchev–Trinajstić information content (AvgIpc) is 3.16. The number of rotatable bonds is 5. The van der Waals surface area contributed by atoms with Gasteiger partial charge in [0.25, 0.3) is 10.0 Å². The van der Waals surface area contributed by atoms with Gasteiger partial charge in [-0.15, -0.1) is 0 Å². The molecular formula is C15H19N3O5S2. The van der Waals surface area contributed by atoms with Crippen LogP contribution in [0.4, 0.5) is 5.82 Å². The lowest BCUT2D eigenvalue weighted by Gasteiger charge is -2.22. The normalized spacial score (nSPS) is 19.2. The van der Waals surface area contributed by atoms with Crippen molar-refractivity contribution in [1.82, 2.24) is 9.46 Å². The molecule has 0 bridgehead atoms. The Bertz CT molecular complexity index is 982. The molecule has 2 heterocycles. The summed E-state index contributed by atoms with van der Waals surface area (Å²) in [5, 5.41) is 3.58. The van der Waals surface area contributed by atoms with Crippen LogP contribution in [0.15, 0.2) is 44.8 Å². The fraction of sp³-hybridized carbons (Fsp3) is 0.400. The van der Waals surface area contributed by atoms with Crippen LogP contribution < -0.4 is 4.72 Å². The van der Waals surface area contributed by atoms with Crippen LogP contribution in [0.5, 0.6) is 0 Å². The maximum Gasteiger partial charge on any atom is 0.264 e. The first kappa shape index (κ1) is 17.9. The van der Waals surface area contributed by atoms with E-state index < -0.39 is 20.0 Å². The number of nitrogens with one attached hydrogen (secondary N) is 1. The molecule has 0 aliphatic carbocycles. The summed E-state index contributed by atoms with van der Waals surface area (Å²) in [5.74, 6) is 0.0294. The van der Waals surface area contributed by atoms with E-state index >= 15 is 0 Å². The average molecular weight is 385 g/mol. The molecule has 1 atom stereocenters. The molecule has 1 aromatic carbocycles. The largest absolute Gasteiger partial charge is 0.362 e. The maximum atomic E-state index is 13.0. The highest BCUT2D eigenvalue weighted by Gasteiger charge is 2.36. The van der Waals surface area contributed by atoms with E-state index in [1.807, 2.05) is 6.92 Å². The predicted octanol–water partition coefficient (Wildman–Crippen LogP) is 1.96. The molecule has 0 amide bonds. The smallest absolute Gasteiger partial charge is 0.264 e. The van der Waals surface area contributed by atoms with Crippen LogP contribution in [-0.2, 0) is 20.0 Å². The third-order valence-corrected chi connectivity index (χ3v) is 7.79. The number of aromatic nitrogens is 1. The standard InChI is InChI=1S/C15H19N3O5S2/c1-11-10-23-16-15(11)17-24(19,20)13-7-3-4-8-14(13)25(21,22)18-9-5-6-12(18)2/h3-4,7-8,10,12H,5-6,9H2,1-2H3,(H,16,17). The lowest BCUT2D eigenvalue weighted by molar-refractivity contribution is 0.407. The summed E-state index contributed by atoms with van der Waals surface area (Å²) in [4.78, 5) is -0.547. The lowest BCUT2D eigenvalue weighted by atomic mass is 10.3. The molecule has 1 saturated heterocycles. The Morgan fingerprint density at radius 1 is 1.20 bits per heavy atom. The van der Waals surface area contributed by atoms with Gasteiger partial charge in [-0.25, -0.2) is 16.8 Å². The first-order chi connectivity index (χ1) is 11.7. The Morgan fingerprint density at radius 3 is 2.44 bits per heavy atom. The van der Waals surface area contributed by atoms with Crippen molar-refractivity contribution in [2.75, 3.05) is 11.3 Å². The Balaban J connectivity index is 2.06. The fourth-order valence-corrected chi connectivity index (χ4v) is 6.42. The van der Waals surface area contributed by atoms with Crippen molar-refractivity contribution in [3.63, 3.8) is 0 Å². The topological polar surface area (TPSA) is 110 Å². The molecule has 8 nitrogen and oxygen atoms in total. The van der Waals surface area contributed by atoms with Crippen molar-refractivity contribution in [3.8, 4) is 0 Å². The van der Waals surface area contributed by atoms with Gasteiger partial charge in [0.1, 0.15) is 16.1 Å². The van der Waals surface area contributed by atoms with E-state index in [4.69, 9.17) is 4.52 Å². The van der Waals surface area contributed by atoms with E-state index in [2.05, 4.69) is 9.88 Å². The quantitative estimate of drug-likeness (QED) is 0.842. The van der Waals surface area contributed by atoms with E-state index in [0.717, 1.165) is 12.8 Å². The molecule has 0 radical (unpaired) electrons. The monoisotopic (exact) mass is 385 g/mol. The van der Waals surface area contributed by atoms with Gasteiger partial charge in [0.05, 0.1) is 0 Å². The number of nitrogens with zero attached hydrogens (tertiary/aromatic N) is 2. The molecule has 3 rings (SSSR count). The zero-order valence-corrected chi connectivity index (χ0v) is 15.5. The van der Waals surface area contributed by atoms with Crippen LogP contribution in [0.1, 0.15) is 25.3 Å². The summed E-state index contributed by atoms with van der Waals surface area (Å²) in [6.07, 6.45) is 2.81. The Morgan fingerprint density at radius 2 is 1.88 bits per heavy atom. The highest BCUT2D eigenvalue weighted by molar-refractivity contribution is 7.94. The van der Waals surface area contributed by atoms with Gasteiger partial charge in [-0.05, 0) is 38.8 Å². The van der Waals surface area contributed by atoms with Gasteiger partial charge in [0.2, 0.25) is 10.0 Å². The first-order valence-electron chi connectivity index (χ1n) is 7.78. The van der Waals surface area contributed by atoms with Crippen molar-refractivity contribution in [2.45, 2.75) is 42.5 Å². The van der Waals surface area contributed by atoms with Gasteiger partial charge in [-0.2, -0.15) is 4.31 Å². The first-order valence-corrected chi connectivity index (χ1v) is 10.7. The van der Waals surface area contributed by atoms with Crippen molar-refractivity contribution < 1.29 is 21.4 Å². The van der Waals surface area contributed by atoms with Gasteiger partial charge in [-0.3, -0.25) is 4.72 Å². The van der Waals surface area contributed by atoms with Crippen LogP contribution in [0, 0.1) is 6.92 Å². The third-order valence-electron chi connectivity index (χ3n) is 4.20. The number of anilines is 1. The van der Waals surface area contributed by atoms with E-state index in [-0.39, 0.29) is 21.7 Å². The summed E-state index contributed by atoms with van der Waals surface area (Å²) < 4.78 is 59.8. The number of hydrogen-bond acceptors (Lipinski definition) is 6. The highest BCUT2D eigenvalue weighted by Crippen LogP contribution is 2.30. The number of sulfonamides is 2. The Kier molecular flexibility index (Phi) is 4.60. The van der Waals surface area contributed by atoms with Crippen LogP contribution in [-0.4, -0.2) is 38.9 Å². The minimum atomic E-state index is -4.14. The van der Waals surface area contributed by atoms with E-state index in [9.17, 15) is 16.8 Å². The molecule has 25 heavy (non-hydrogen) atoms. The van der Waals surface area contributed by atoms with Crippen LogP contribution >= 0.6 is 0 Å². The molecule has 1 aliphatic heterocycles. The summed E-state index contributed by atoms with van der Waals surface area (Å²) in [6.45, 7) is 3.83. The van der Waals surface area contributed by atoms with Crippen molar-refractivity contribution in [1.29, 1.82) is 0 Å². The molecule has 2 aromatic rings. The summed E-state index contributed by atoms with van der Waals surface area (Å²) in [7, 11) is -8.07. The van der Waals surface area contributed by atoms with Crippen LogP contribution in [0.3, 0.4) is 0 Å². The third kappa shape index (κ3) is 3.29. The van der Waals surface area contributed by atoms with Gasteiger partial charge >= 0.3 is 0 Å². The Hall–Kier alpha value is -1.91. The van der Waals surface area contributed by atoms with Crippen molar-refractivity contribution >= 4 is 25.9 Å². The zero-order valence-electron chi connectivity index (χ0n) is 13.8. The molecule has 0 spiro atoms. The van der Waals surface area contributed by atoms with E-state index in [1.165, 1.54) is 34.8 Å². The summed E-state index contributed by atoms with van der Waals surface area (Å²) in [5.41, 5.74) is 0.497. The highest BCUT2D eigenvalue weighted by atomic mass is 32.2. The minimum absolute atomic E-state index is 0.0294. The van der Waals surface area contributed by atoms with Crippen LogP contribution in [0.2, 0.25) is 0 Å². The molecule has 0 saturated carbocycles. The maximum absolute atomic E-state index is 13.0. The van der Waals surface area contributed by atoms with Gasteiger partial charge < -0.3 is 4.52 Å². The second-order valence-corrected chi connectivity index (χ2v) is 9.52. The second kappa shape index (κ2) is 6.43. The van der Waals surface area contributed by atoms with Gasteiger partial charge in [-0.1, -0.05) is 17.3 Å². The lowest BCUT2D eigenvalue weighted by Crippen LogP contribution is -2.34. The van der Waals surface area contributed by atoms with Crippen LogP contribution in [0.25, 0.3) is 0 Å². The van der Waals surface area contributed by atoms with Crippen molar-refractivity contribution in [3.05, 3.63) is 36.1 Å². The number of hydrogen-bond donors (Lipinski definition) is 1. The summed E-state index contributed by atoms with van der Waals surface area (Å²) in [6, 6.07) is 5.41. The van der Waals surface area contributed by atoms with E-state index in [0.29, 0.717) is 12.1 Å². The Labute approximate surface area is 146 Å². The molecular weight excluding hydrogens is 366 g/mol. The van der Waals surface area contributed by atoms with Crippen molar-refractivity contribution in [2.24, 2.45) is 0 Å². The fourth-order valence-electron chi connectivity index (χ4n) is 2.84. The molecule has 1 aliphatic rings. The van der Waals surface area contributed by atoms with Gasteiger partial charge in [0.15, 0.2) is 5.82 Å². The number of benzene rings is 1. The minimum Gasteiger partial charge on any atom is -0.362 e. The second-order valence-electron chi connectivity index (χ2n) is 6.01. The summed E-state index contributed by atoms with van der Waals surface area (Å²) >= 11 is 0. The number of aryl methyl sites for hydroxylation is 1. The molecule has 1 aromatic heterocycles. The molecule has 136 valence electrons. The zero-order chi connectivity index (χ0) is 18.2. The SMILES string of the molecule is Cc1conc1NS(=O)(=O)c1ccccc1S(=O)(=O)N1CCCC1C. The van der Waals surface area contributed by atoms with E-state index in [1.54, 1.807) is 6.92 Å². The predicted molar refractivity (Wildman–Crippen MR) is 91.1 cm³/mol. The molecule has 10 heteroatoms.